The monoisotopic (exact) mass is 574 g/mol. The van der Waals surface area contributed by atoms with Gasteiger partial charge in [-0.1, -0.05) is 6.92 Å². The average molecular weight is 575 g/mol. The first kappa shape index (κ1) is 34.9. The minimum Gasteiger partial charge on any atom is -0.340 e. The number of urea groups is 2. The Labute approximate surface area is 237 Å². The van der Waals surface area contributed by atoms with E-state index in [4.69, 9.17) is 0 Å². The van der Waals surface area contributed by atoms with Crippen molar-refractivity contribution in [2.24, 2.45) is 0 Å². The molecule has 11 nitrogen and oxygen atoms in total. The molecule has 4 rings (SSSR count). The molecule has 0 unspecified atom stereocenters. The Morgan fingerprint density at radius 2 is 1.18 bits per heavy atom. The first-order chi connectivity index (χ1) is 18.0. The summed E-state index contributed by atoms with van der Waals surface area (Å²) < 4.78 is 23.1. The molecule has 0 saturated carbocycles. The van der Waals surface area contributed by atoms with Crippen LogP contribution in [-0.2, 0) is 14.8 Å². The zero-order valence-corrected chi connectivity index (χ0v) is 26.8. The second kappa shape index (κ2) is 15.6. The van der Waals surface area contributed by atoms with Gasteiger partial charge in [-0.2, -0.15) is 4.31 Å². The minimum atomic E-state index is -2.79. The fourth-order valence-corrected chi connectivity index (χ4v) is 5.84. The summed E-state index contributed by atoms with van der Waals surface area (Å²) >= 11 is 0. The fraction of sp³-hybridized carbons (Fsp3) is 0.889. The van der Waals surface area contributed by atoms with Gasteiger partial charge in [0.15, 0.2) is 0 Å². The lowest BCUT2D eigenvalue weighted by Gasteiger charge is -2.34. The average Bonchev–Trinajstić information content (AvgIpc) is 3.34. The second-order valence-electron chi connectivity index (χ2n) is 11.5. The molecule has 0 radical (unpaired) electrons. The summed E-state index contributed by atoms with van der Waals surface area (Å²) in [6.07, 6.45) is 1.82. The van der Waals surface area contributed by atoms with Gasteiger partial charge in [0.2, 0.25) is 15.9 Å². The third kappa shape index (κ3) is 10.1. The summed E-state index contributed by atoms with van der Waals surface area (Å²) in [5.74, 6) is 0.644. The number of nitrogens with zero attached hydrogens (tertiary/aromatic N) is 6. The van der Waals surface area contributed by atoms with Crippen LogP contribution in [0.5, 0.6) is 0 Å². The van der Waals surface area contributed by atoms with E-state index in [0.717, 1.165) is 52.1 Å². The second-order valence-corrected chi connectivity index (χ2v) is 13.5. The molecule has 12 heteroatoms. The summed E-state index contributed by atoms with van der Waals surface area (Å²) in [7, 11) is -0.950. The van der Waals surface area contributed by atoms with Crippen LogP contribution < -0.4 is 0 Å². The van der Waals surface area contributed by atoms with Crippen molar-refractivity contribution in [2.75, 3.05) is 58.6 Å². The maximum absolute atomic E-state index is 11.6. The molecule has 0 aromatic heterocycles. The Morgan fingerprint density at radius 1 is 0.667 bits per heavy atom. The smallest absolute Gasteiger partial charge is 0.320 e. The van der Waals surface area contributed by atoms with Gasteiger partial charge in [0.25, 0.3) is 0 Å². The Morgan fingerprint density at radius 3 is 1.36 bits per heavy atom. The van der Waals surface area contributed by atoms with Crippen LogP contribution in [0.15, 0.2) is 0 Å². The highest BCUT2D eigenvalue weighted by atomic mass is 32.2. The molecule has 4 saturated heterocycles. The van der Waals surface area contributed by atoms with Crippen molar-refractivity contribution in [3.8, 4) is 0 Å². The summed E-state index contributed by atoms with van der Waals surface area (Å²) in [6, 6.07) is 1.62. The van der Waals surface area contributed by atoms with Gasteiger partial charge in [-0.3, -0.25) is 4.79 Å². The summed E-state index contributed by atoms with van der Waals surface area (Å²) in [5.41, 5.74) is 0. The van der Waals surface area contributed by atoms with Gasteiger partial charge >= 0.3 is 12.1 Å². The van der Waals surface area contributed by atoms with Crippen molar-refractivity contribution in [3.63, 3.8) is 0 Å². The van der Waals surface area contributed by atoms with E-state index >= 15 is 0 Å². The Kier molecular flexibility index (Phi) is 14.0. The number of likely N-dealkylation sites (tertiary alicyclic amines) is 1. The number of hydrogen-bond acceptors (Lipinski definition) is 5. The molecule has 0 N–H and O–H groups in total. The summed E-state index contributed by atoms with van der Waals surface area (Å²) in [6.45, 7) is 24.3. The van der Waals surface area contributed by atoms with Gasteiger partial charge in [-0.05, 0) is 61.8 Å². The van der Waals surface area contributed by atoms with Gasteiger partial charge in [-0.15, -0.1) is 0 Å². The zero-order chi connectivity index (χ0) is 30.1. The standard InChI is InChI=1S/C9H18N2O.C7H14N2O.C6H11NO.C5H11NO2S/c1-4-5-10-6-7-11(8(2)3)9(10)12;1-6(2)9-5-4-8(3)7(9)10;1-5(2)7-4-3-6(7)8;1-5(2)6-3-4-9(6,7)8/h8H,4-7H2,1-3H3;6H,4-5H2,1-3H3;5H,3-4H2,1-2H3;5H,3-4H2,1-2H3. The van der Waals surface area contributed by atoms with Crippen molar-refractivity contribution in [3.05, 3.63) is 0 Å². The van der Waals surface area contributed by atoms with Crippen LogP contribution in [0, 0.1) is 0 Å². The molecule has 228 valence electrons. The molecule has 4 heterocycles. The van der Waals surface area contributed by atoms with Crippen LogP contribution in [0.3, 0.4) is 0 Å². The predicted molar refractivity (Wildman–Crippen MR) is 156 cm³/mol. The van der Waals surface area contributed by atoms with Crippen molar-refractivity contribution >= 4 is 28.0 Å². The number of carbonyl (C=O) groups excluding carboxylic acids is 3. The van der Waals surface area contributed by atoms with E-state index in [-0.39, 0.29) is 18.1 Å². The largest absolute Gasteiger partial charge is 0.340 e. The van der Waals surface area contributed by atoms with E-state index < -0.39 is 10.0 Å². The lowest BCUT2D eigenvalue weighted by Crippen LogP contribution is -2.51. The molecule has 39 heavy (non-hydrogen) atoms. The van der Waals surface area contributed by atoms with Crippen LogP contribution in [0.25, 0.3) is 0 Å². The Bertz CT molecular complexity index is 908. The Balaban J connectivity index is 0.000000263. The highest BCUT2D eigenvalue weighted by Gasteiger charge is 2.34. The zero-order valence-electron chi connectivity index (χ0n) is 26.0. The lowest BCUT2D eigenvalue weighted by atomic mass is 10.1. The molecule has 4 aliphatic heterocycles. The summed E-state index contributed by atoms with van der Waals surface area (Å²) in [4.78, 5) is 42.7. The van der Waals surface area contributed by atoms with Gasteiger partial charge < -0.3 is 24.5 Å². The van der Waals surface area contributed by atoms with Gasteiger partial charge in [-0.25, -0.2) is 18.0 Å². The molecule has 0 spiro atoms. The van der Waals surface area contributed by atoms with E-state index in [1.807, 2.05) is 68.2 Å². The number of hydrogen-bond donors (Lipinski definition) is 0. The van der Waals surface area contributed by atoms with Crippen LogP contribution in [0.2, 0.25) is 0 Å². The van der Waals surface area contributed by atoms with Crippen molar-refractivity contribution in [1.29, 1.82) is 0 Å². The first-order valence-corrected chi connectivity index (χ1v) is 16.0. The molecule has 4 fully saturated rings. The predicted octanol–water partition coefficient (Wildman–Crippen LogP) is 2.97. The normalized spacial score (nSPS) is 20.6. The molecular formula is C27H54N6O5S. The molecular weight excluding hydrogens is 520 g/mol. The number of β-lactam (4-membered cyclic amide) rings is 1. The lowest BCUT2D eigenvalue weighted by molar-refractivity contribution is -0.141. The van der Waals surface area contributed by atoms with E-state index in [2.05, 4.69) is 20.8 Å². The van der Waals surface area contributed by atoms with Crippen LogP contribution >= 0.6 is 0 Å². The molecule has 4 aliphatic rings. The molecule has 0 atom stereocenters. The first-order valence-electron chi connectivity index (χ1n) is 14.4. The van der Waals surface area contributed by atoms with Gasteiger partial charge in [0.1, 0.15) is 0 Å². The molecule has 0 aliphatic carbocycles. The van der Waals surface area contributed by atoms with Crippen LogP contribution in [0.1, 0.15) is 75.2 Å². The minimum absolute atomic E-state index is 0.142. The molecule has 5 amide bonds. The topological polar surface area (TPSA) is 105 Å². The highest BCUT2D eigenvalue weighted by Crippen LogP contribution is 2.16. The molecule has 0 aromatic carbocycles. The van der Waals surface area contributed by atoms with Crippen LogP contribution in [0.4, 0.5) is 9.59 Å². The summed E-state index contributed by atoms with van der Waals surface area (Å²) in [5, 5.41) is 0. The maximum Gasteiger partial charge on any atom is 0.320 e. The van der Waals surface area contributed by atoms with Crippen LogP contribution in [-0.4, -0.2) is 138 Å². The van der Waals surface area contributed by atoms with Gasteiger partial charge in [0, 0.05) is 83.4 Å². The number of carbonyl (C=O) groups is 3. The van der Waals surface area contributed by atoms with E-state index in [0.29, 0.717) is 36.3 Å². The number of sulfonamides is 1. The van der Waals surface area contributed by atoms with E-state index in [1.165, 1.54) is 4.31 Å². The number of rotatable bonds is 6. The fourth-order valence-electron chi connectivity index (χ4n) is 4.51. The van der Waals surface area contributed by atoms with Crippen molar-refractivity contribution < 1.29 is 22.8 Å². The van der Waals surface area contributed by atoms with E-state index in [1.54, 1.807) is 4.90 Å². The number of amides is 5. The van der Waals surface area contributed by atoms with E-state index in [9.17, 15) is 22.8 Å². The third-order valence-electron chi connectivity index (χ3n) is 7.13. The quantitative estimate of drug-likeness (QED) is 0.454. The Hall–Kier alpha value is -2.08. The highest BCUT2D eigenvalue weighted by molar-refractivity contribution is 7.90. The van der Waals surface area contributed by atoms with Crippen molar-refractivity contribution in [2.45, 2.75) is 99.3 Å². The van der Waals surface area contributed by atoms with Crippen molar-refractivity contribution in [1.82, 2.24) is 28.8 Å². The number of likely N-dealkylation sites (N-methyl/N-ethyl adjacent to an activating group) is 1. The van der Waals surface area contributed by atoms with Gasteiger partial charge in [0.05, 0.1) is 5.75 Å². The molecule has 0 bridgehead atoms. The third-order valence-corrected chi connectivity index (χ3v) is 9.15. The SMILES string of the molecule is CC(C)N1CCC1=O.CC(C)N1CCN(C)C1=O.CC(C)N1CCS1(=O)=O.CCCN1CCN(C(C)C)C1=O. The molecule has 0 aromatic rings. The maximum atomic E-state index is 11.6.